The average Bonchev–Trinajstić information content (AvgIpc) is 2.35. The Labute approximate surface area is 76.5 Å². The SMILES string of the molecule is Cl.NC(=O)C(O)C1(N)CCOC1. The second kappa shape index (κ2) is 4.04. The summed E-state index contributed by atoms with van der Waals surface area (Å²) in [6, 6.07) is 0. The number of hydrogen-bond acceptors (Lipinski definition) is 4. The van der Waals surface area contributed by atoms with Crippen molar-refractivity contribution in [1.29, 1.82) is 0 Å². The van der Waals surface area contributed by atoms with Gasteiger partial charge in [-0.15, -0.1) is 12.4 Å². The molecule has 0 saturated carbocycles. The number of carbonyl (C=O) groups excluding carboxylic acids is 1. The van der Waals surface area contributed by atoms with Crippen LogP contribution in [-0.2, 0) is 9.53 Å². The van der Waals surface area contributed by atoms with E-state index in [0.717, 1.165) is 0 Å². The number of primary amides is 1. The molecule has 5 N–H and O–H groups in total. The van der Waals surface area contributed by atoms with Crippen LogP contribution >= 0.6 is 12.4 Å². The largest absolute Gasteiger partial charge is 0.381 e. The van der Waals surface area contributed by atoms with Crippen LogP contribution in [-0.4, -0.2) is 35.9 Å². The van der Waals surface area contributed by atoms with Crippen molar-refractivity contribution in [3.63, 3.8) is 0 Å². The minimum absolute atomic E-state index is 0. The molecule has 0 radical (unpaired) electrons. The van der Waals surface area contributed by atoms with Crippen LogP contribution in [0.2, 0.25) is 0 Å². The molecular formula is C6H13ClN2O3. The maximum absolute atomic E-state index is 10.5. The number of halogens is 1. The fraction of sp³-hybridized carbons (Fsp3) is 0.833. The Kier molecular flexibility index (Phi) is 3.92. The number of carbonyl (C=O) groups is 1. The van der Waals surface area contributed by atoms with Crippen molar-refractivity contribution < 1.29 is 14.6 Å². The van der Waals surface area contributed by atoms with Crippen LogP contribution in [0, 0.1) is 0 Å². The summed E-state index contributed by atoms with van der Waals surface area (Å²) in [5, 5.41) is 9.21. The smallest absolute Gasteiger partial charge is 0.248 e. The van der Waals surface area contributed by atoms with Crippen molar-refractivity contribution in [3.8, 4) is 0 Å². The van der Waals surface area contributed by atoms with E-state index in [0.29, 0.717) is 13.0 Å². The van der Waals surface area contributed by atoms with Crippen LogP contribution in [0.4, 0.5) is 0 Å². The van der Waals surface area contributed by atoms with E-state index < -0.39 is 17.6 Å². The average molecular weight is 197 g/mol. The molecule has 0 aromatic heterocycles. The van der Waals surface area contributed by atoms with Gasteiger partial charge in [0.2, 0.25) is 5.91 Å². The first-order valence-corrected chi connectivity index (χ1v) is 3.40. The number of aliphatic hydroxyl groups is 1. The monoisotopic (exact) mass is 196 g/mol. The topological polar surface area (TPSA) is 98.6 Å². The van der Waals surface area contributed by atoms with E-state index in [1.807, 2.05) is 0 Å². The van der Waals surface area contributed by atoms with E-state index in [2.05, 4.69) is 0 Å². The minimum atomic E-state index is -1.30. The molecule has 1 saturated heterocycles. The predicted molar refractivity (Wildman–Crippen MR) is 44.8 cm³/mol. The Morgan fingerprint density at radius 1 is 1.67 bits per heavy atom. The maximum atomic E-state index is 10.5. The minimum Gasteiger partial charge on any atom is -0.381 e. The molecule has 1 heterocycles. The highest BCUT2D eigenvalue weighted by atomic mass is 35.5. The van der Waals surface area contributed by atoms with Crippen LogP contribution in [0.5, 0.6) is 0 Å². The highest BCUT2D eigenvalue weighted by molar-refractivity contribution is 5.85. The van der Waals surface area contributed by atoms with E-state index in [1.54, 1.807) is 0 Å². The number of hydrogen-bond donors (Lipinski definition) is 3. The van der Waals surface area contributed by atoms with Gasteiger partial charge in [-0.25, -0.2) is 0 Å². The molecule has 1 rings (SSSR count). The summed E-state index contributed by atoms with van der Waals surface area (Å²) in [4.78, 5) is 10.5. The number of amides is 1. The van der Waals surface area contributed by atoms with Crippen LogP contribution in [0.25, 0.3) is 0 Å². The summed E-state index contributed by atoms with van der Waals surface area (Å²) < 4.78 is 4.94. The summed E-state index contributed by atoms with van der Waals surface area (Å²) in [6.07, 6.45) is -0.832. The molecule has 0 aromatic rings. The molecule has 1 aliphatic heterocycles. The molecule has 2 unspecified atom stereocenters. The van der Waals surface area contributed by atoms with E-state index >= 15 is 0 Å². The fourth-order valence-electron chi connectivity index (χ4n) is 1.10. The van der Waals surface area contributed by atoms with E-state index in [9.17, 15) is 9.90 Å². The van der Waals surface area contributed by atoms with Gasteiger partial charge in [0.05, 0.1) is 12.1 Å². The van der Waals surface area contributed by atoms with E-state index in [4.69, 9.17) is 16.2 Å². The summed E-state index contributed by atoms with van der Waals surface area (Å²) in [5.41, 5.74) is 9.54. The third kappa shape index (κ3) is 2.07. The van der Waals surface area contributed by atoms with Crippen molar-refractivity contribution in [3.05, 3.63) is 0 Å². The molecule has 2 atom stereocenters. The first kappa shape index (κ1) is 11.6. The molecule has 12 heavy (non-hydrogen) atoms. The zero-order valence-corrected chi connectivity index (χ0v) is 7.34. The van der Waals surface area contributed by atoms with Crippen LogP contribution in [0.1, 0.15) is 6.42 Å². The Hall–Kier alpha value is -0.360. The molecule has 0 bridgehead atoms. The lowest BCUT2D eigenvalue weighted by molar-refractivity contribution is -0.129. The number of aliphatic hydroxyl groups excluding tert-OH is 1. The first-order chi connectivity index (χ1) is 5.06. The van der Waals surface area contributed by atoms with Crippen LogP contribution in [0.3, 0.4) is 0 Å². The Bertz CT molecular complexity index is 170. The van der Waals surface area contributed by atoms with Crippen molar-refractivity contribution in [2.45, 2.75) is 18.1 Å². The number of nitrogens with two attached hydrogens (primary N) is 2. The third-order valence-corrected chi connectivity index (χ3v) is 1.90. The van der Waals surface area contributed by atoms with Gasteiger partial charge in [0.25, 0.3) is 0 Å². The second-order valence-corrected chi connectivity index (χ2v) is 2.84. The maximum Gasteiger partial charge on any atom is 0.248 e. The molecule has 6 heteroatoms. The van der Waals surface area contributed by atoms with Gasteiger partial charge in [0.15, 0.2) is 6.10 Å². The van der Waals surface area contributed by atoms with Crippen molar-refractivity contribution in [2.75, 3.05) is 13.2 Å². The Morgan fingerprint density at radius 2 is 2.25 bits per heavy atom. The van der Waals surface area contributed by atoms with Gasteiger partial charge in [-0.1, -0.05) is 0 Å². The summed E-state index contributed by atoms with van der Waals surface area (Å²) >= 11 is 0. The van der Waals surface area contributed by atoms with Crippen molar-refractivity contribution in [2.24, 2.45) is 11.5 Å². The first-order valence-electron chi connectivity index (χ1n) is 3.40. The predicted octanol–water partition coefficient (Wildman–Crippen LogP) is -1.63. The van der Waals surface area contributed by atoms with Crippen LogP contribution < -0.4 is 11.5 Å². The van der Waals surface area contributed by atoms with Gasteiger partial charge >= 0.3 is 0 Å². The van der Waals surface area contributed by atoms with Gasteiger partial charge in [0.1, 0.15) is 0 Å². The standard InChI is InChI=1S/C6H12N2O3.ClH/c7-5(10)4(9)6(8)1-2-11-3-6;/h4,9H,1-3,8H2,(H2,7,10);1H. The lowest BCUT2D eigenvalue weighted by Crippen LogP contribution is -2.56. The van der Waals surface area contributed by atoms with E-state index in [-0.39, 0.29) is 19.0 Å². The van der Waals surface area contributed by atoms with Crippen molar-refractivity contribution >= 4 is 18.3 Å². The Morgan fingerprint density at radius 3 is 2.58 bits per heavy atom. The van der Waals surface area contributed by atoms with Gasteiger partial charge < -0.3 is 21.3 Å². The number of rotatable bonds is 2. The molecule has 0 aliphatic carbocycles. The molecule has 1 fully saturated rings. The number of ether oxygens (including phenoxy) is 1. The van der Waals surface area contributed by atoms with Crippen LogP contribution in [0.15, 0.2) is 0 Å². The zero-order valence-electron chi connectivity index (χ0n) is 6.53. The molecule has 1 aliphatic rings. The molecular weight excluding hydrogens is 184 g/mol. The van der Waals surface area contributed by atoms with E-state index in [1.165, 1.54) is 0 Å². The molecule has 0 aromatic carbocycles. The molecule has 72 valence electrons. The molecule has 1 amide bonds. The van der Waals surface area contributed by atoms with Gasteiger partial charge in [-0.2, -0.15) is 0 Å². The molecule has 0 spiro atoms. The summed E-state index contributed by atoms with van der Waals surface area (Å²) in [6.45, 7) is 0.665. The highest BCUT2D eigenvalue weighted by Crippen LogP contribution is 2.19. The summed E-state index contributed by atoms with van der Waals surface area (Å²) in [5.74, 6) is -0.794. The fourth-order valence-corrected chi connectivity index (χ4v) is 1.10. The van der Waals surface area contributed by atoms with Gasteiger partial charge in [-0.3, -0.25) is 4.79 Å². The highest BCUT2D eigenvalue weighted by Gasteiger charge is 2.40. The lowest BCUT2D eigenvalue weighted by atomic mass is 9.92. The summed E-state index contributed by atoms with van der Waals surface area (Å²) in [7, 11) is 0. The van der Waals surface area contributed by atoms with Gasteiger partial charge in [-0.05, 0) is 6.42 Å². The third-order valence-electron chi connectivity index (χ3n) is 1.90. The zero-order chi connectivity index (χ0) is 8.48. The van der Waals surface area contributed by atoms with Crippen molar-refractivity contribution in [1.82, 2.24) is 0 Å². The second-order valence-electron chi connectivity index (χ2n) is 2.84. The quantitative estimate of drug-likeness (QED) is 0.494. The van der Waals surface area contributed by atoms with Gasteiger partial charge in [0, 0.05) is 6.61 Å². The normalized spacial score (nSPS) is 30.8. The molecule has 5 nitrogen and oxygen atoms in total. The lowest BCUT2D eigenvalue weighted by Gasteiger charge is -2.25. The Balaban J connectivity index is 0.00000121.